The van der Waals surface area contributed by atoms with Crippen molar-refractivity contribution in [2.45, 2.75) is 13.8 Å². The minimum Gasteiger partial charge on any atom is -0.411 e. The molecule has 1 heterocycles. The maximum atomic E-state index is 8.32. The monoisotopic (exact) mass is 193 g/mol. The molecule has 1 aromatic rings. The molecule has 0 fully saturated rings. The highest BCUT2D eigenvalue weighted by molar-refractivity contribution is 5.78. The van der Waals surface area contributed by atoms with Crippen molar-refractivity contribution in [2.75, 3.05) is 18.0 Å². The van der Waals surface area contributed by atoms with E-state index < -0.39 is 0 Å². The van der Waals surface area contributed by atoms with Crippen LogP contribution in [0.1, 0.15) is 19.4 Å². The van der Waals surface area contributed by atoms with E-state index in [1.54, 1.807) is 6.20 Å². The predicted molar refractivity (Wildman–Crippen MR) is 57.2 cm³/mol. The molecule has 1 rings (SSSR count). The van der Waals surface area contributed by atoms with Crippen LogP contribution in [0.3, 0.4) is 0 Å². The molecule has 0 spiro atoms. The molecule has 0 amide bonds. The minimum atomic E-state index is 0.795. The Morgan fingerprint density at radius 3 is 2.57 bits per heavy atom. The predicted octanol–water partition coefficient (Wildman–Crippen LogP) is 1.74. The van der Waals surface area contributed by atoms with E-state index in [2.05, 4.69) is 28.9 Å². The Kier molecular flexibility index (Phi) is 3.91. The lowest BCUT2D eigenvalue weighted by molar-refractivity contribution is 0.322. The number of hydrogen-bond donors (Lipinski definition) is 1. The van der Waals surface area contributed by atoms with Crippen molar-refractivity contribution >= 4 is 12.0 Å². The first kappa shape index (κ1) is 10.5. The smallest absolute Gasteiger partial charge is 0.128 e. The van der Waals surface area contributed by atoms with Crippen molar-refractivity contribution in [1.29, 1.82) is 0 Å². The second-order valence-corrected chi connectivity index (χ2v) is 2.87. The molecule has 4 heteroatoms. The van der Waals surface area contributed by atoms with Crippen LogP contribution < -0.4 is 4.90 Å². The standard InChI is InChI=1S/C10H15N3O/c1-3-13(4-2)10-6-5-9(7-11-10)8-12-14/h5-8,14H,3-4H2,1-2H3/b12-8-. The van der Waals surface area contributed by atoms with Gasteiger partial charge in [0, 0.05) is 24.8 Å². The summed E-state index contributed by atoms with van der Waals surface area (Å²) < 4.78 is 0. The van der Waals surface area contributed by atoms with Crippen LogP contribution >= 0.6 is 0 Å². The number of oxime groups is 1. The summed E-state index contributed by atoms with van der Waals surface area (Å²) in [7, 11) is 0. The molecule has 1 N–H and O–H groups in total. The normalized spacial score (nSPS) is 10.7. The Morgan fingerprint density at radius 1 is 1.43 bits per heavy atom. The van der Waals surface area contributed by atoms with Crippen LogP contribution in [0.2, 0.25) is 0 Å². The SMILES string of the molecule is CCN(CC)c1ccc(/C=N\O)cn1. The number of hydrogen-bond acceptors (Lipinski definition) is 4. The molecular formula is C10H15N3O. The highest BCUT2D eigenvalue weighted by Gasteiger charge is 2.01. The average Bonchev–Trinajstić information content (AvgIpc) is 2.23. The van der Waals surface area contributed by atoms with Gasteiger partial charge in [0.05, 0.1) is 6.21 Å². The van der Waals surface area contributed by atoms with E-state index in [0.717, 1.165) is 24.5 Å². The van der Waals surface area contributed by atoms with Gasteiger partial charge in [-0.15, -0.1) is 0 Å². The molecule has 0 saturated carbocycles. The first-order valence-corrected chi connectivity index (χ1v) is 4.70. The summed E-state index contributed by atoms with van der Waals surface area (Å²) in [5.74, 6) is 0.949. The van der Waals surface area contributed by atoms with Gasteiger partial charge in [-0.25, -0.2) is 4.98 Å². The summed E-state index contributed by atoms with van der Waals surface area (Å²) >= 11 is 0. The molecule has 0 saturated heterocycles. The summed E-state index contributed by atoms with van der Waals surface area (Å²) in [6.45, 7) is 6.07. The van der Waals surface area contributed by atoms with Crippen molar-refractivity contribution < 1.29 is 5.21 Å². The quantitative estimate of drug-likeness (QED) is 0.450. The van der Waals surface area contributed by atoms with Gasteiger partial charge >= 0.3 is 0 Å². The van der Waals surface area contributed by atoms with E-state index in [1.807, 2.05) is 12.1 Å². The van der Waals surface area contributed by atoms with Crippen LogP contribution in [0.5, 0.6) is 0 Å². The van der Waals surface area contributed by atoms with E-state index in [1.165, 1.54) is 6.21 Å². The topological polar surface area (TPSA) is 48.7 Å². The van der Waals surface area contributed by atoms with Gasteiger partial charge in [-0.2, -0.15) is 0 Å². The third-order valence-corrected chi connectivity index (χ3v) is 2.06. The van der Waals surface area contributed by atoms with Gasteiger partial charge in [-0.05, 0) is 26.0 Å². The summed E-state index contributed by atoms with van der Waals surface area (Å²) in [5, 5.41) is 11.3. The third kappa shape index (κ3) is 2.45. The number of anilines is 1. The summed E-state index contributed by atoms with van der Waals surface area (Å²) in [5.41, 5.74) is 0.795. The number of nitrogens with zero attached hydrogens (tertiary/aromatic N) is 3. The van der Waals surface area contributed by atoms with Crippen molar-refractivity contribution in [3.05, 3.63) is 23.9 Å². The van der Waals surface area contributed by atoms with Gasteiger partial charge in [0.25, 0.3) is 0 Å². The lowest BCUT2D eigenvalue weighted by atomic mass is 10.3. The molecule has 0 atom stereocenters. The number of rotatable bonds is 4. The summed E-state index contributed by atoms with van der Waals surface area (Å²) in [4.78, 5) is 6.42. The number of aromatic nitrogens is 1. The molecule has 0 aliphatic heterocycles. The molecule has 0 bridgehead atoms. The Balaban J connectivity index is 2.81. The Labute approximate surface area is 83.9 Å². The van der Waals surface area contributed by atoms with Crippen molar-refractivity contribution in [3.63, 3.8) is 0 Å². The fourth-order valence-corrected chi connectivity index (χ4v) is 1.28. The molecule has 0 unspecified atom stereocenters. The van der Waals surface area contributed by atoms with Gasteiger partial charge < -0.3 is 10.1 Å². The van der Waals surface area contributed by atoms with Gasteiger partial charge in [0.15, 0.2) is 0 Å². The average molecular weight is 193 g/mol. The van der Waals surface area contributed by atoms with Gasteiger partial charge in [0.2, 0.25) is 0 Å². The Bertz CT molecular complexity index is 291. The molecule has 0 radical (unpaired) electrons. The van der Waals surface area contributed by atoms with E-state index in [9.17, 15) is 0 Å². The zero-order valence-corrected chi connectivity index (χ0v) is 8.51. The van der Waals surface area contributed by atoms with Crippen LogP contribution in [0.15, 0.2) is 23.5 Å². The van der Waals surface area contributed by atoms with E-state index in [0.29, 0.717) is 0 Å². The Hall–Kier alpha value is -1.58. The zero-order chi connectivity index (χ0) is 10.4. The van der Waals surface area contributed by atoms with Crippen molar-refractivity contribution in [3.8, 4) is 0 Å². The largest absolute Gasteiger partial charge is 0.411 e. The van der Waals surface area contributed by atoms with Crippen LogP contribution in [-0.2, 0) is 0 Å². The zero-order valence-electron chi connectivity index (χ0n) is 8.51. The van der Waals surface area contributed by atoms with Gasteiger partial charge in [-0.3, -0.25) is 0 Å². The molecule has 76 valence electrons. The van der Waals surface area contributed by atoms with E-state index in [4.69, 9.17) is 5.21 Å². The molecule has 14 heavy (non-hydrogen) atoms. The highest BCUT2D eigenvalue weighted by Crippen LogP contribution is 2.09. The lowest BCUT2D eigenvalue weighted by Crippen LogP contribution is -2.22. The van der Waals surface area contributed by atoms with Gasteiger partial charge in [-0.1, -0.05) is 5.16 Å². The van der Waals surface area contributed by atoms with E-state index >= 15 is 0 Å². The van der Waals surface area contributed by atoms with Gasteiger partial charge in [0.1, 0.15) is 5.82 Å². The first-order valence-electron chi connectivity index (χ1n) is 4.70. The molecule has 0 aliphatic rings. The highest BCUT2D eigenvalue weighted by atomic mass is 16.4. The van der Waals surface area contributed by atoms with Crippen LogP contribution in [0.4, 0.5) is 5.82 Å². The molecule has 1 aromatic heterocycles. The van der Waals surface area contributed by atoms with E-state index in [-0.39, 0.29) is 0 Å². The fraction of sp³-hybridized carbons (Fsp3) is 0.400. The maximum absolute atomic E-state index is 8.32. The summed E-state index contributed by atoms with van der Waals surface area (Å²) in [6, 6.07) is 3.80. The van der Waals surface area contributed by atoms with Crippen molar-refractivity contribution in [1.82, 2.24) is 4.98 Å². The van der Waals surface area contributed by atoms with Crippen LogP contribution in [-0.4, -0.2) is 29.5 Å². The lowest BCUT2D eigenvalue weighted by Gasteiger charge is -2.19. The second-order valence-electron chi connectivity index (χ2n) is 2.87. The molecule has 0 aliphatic carbocycles. The van der Waals surface area contributed by atoms with Crippen LogP contribution in [0, 0.1) is 0 Å². The number of pyridine rings is 1. The summed E-state index contributed by atoms with van der Waals surface area (Å²) in [6.07, 6.45) is 3.05. The first-order chi connectivity index (χ1) is 6.81. The second kappa shape index (κ2) is 5.21. The van der Waals surface area contributed by atoms with Crippen LogP contribution in [0.25, 0.3) is 0 Å². The molecule has 0 aromatic carbocycles. The Morgan fingerprint density at radius 2 is 2.14 bits per heavy atom. The molecular weight excluding hydrogens is 178 g/mol. The maximum Gasteiger partial charge on any atom is 0.128 e. The van der Waals surface area contributed by atoms with Crippen molar-refractivity contribution in [2.24, 2.45) is 5.16 Å². The third-order valence-electron chi connectivity index (χ3n) is 2.06. The molecule has 4 nitrogen and oxygen atoms in total. The fourth-order valence-electron chi connectivity index (χ4n) is 1.28. The minimum absolute atomic E-state index is 0.795.